The summed E-state index contributed by atoms with van der Waals surface area (Å²) in [7, 11) is 0. The molecular weight excluding hydrogens is 522 g/mol. The van der Waals surface area contributed by atoms with E-state index in [1.807, 2.05) is 47.5 Å². The van der Waals surface area contributed by atoms with E-state index in [2.05, 4.69) is 15.0 Å². The summed E-state index contributed by atoms with van der Waals surface area (Å²) in [5, 5.41) is 20.2. The number of benzene rings is 2. The Morgan fingerprint density at radius 1 is 1.23 bits per heavy atom. The molecule has 2 atom stereocenters. The minimum Gasteiger partial charge on any atom is -0.423 e. The highest BCUT2D eigenvalue weighted by atomic mass is 32.1. The summed E-state index contributed by atoms with van der Waals surface area (Å²) < 4.78 is 5.69. The van der Waals surface area contributed by atoms with E-state index in [1.54, 1.807) is 48.9 Å². The molecule has 5 N–H and O–H groups in total. The largest absolute Gasteiger partial charge is 0.423 e. The number of H-pyrrole nitrogens is 1. The lowest BCUT2D eigenvalue weighted by molar-refractivity contribution is 0.0735. The molecule has 2 aromatic heterocycles. The van der Waals surface area contributed by atoms with Crippen molar-refractivity contribution < 1.29 is 9.53 Å². The van der Waals surface area contributed by atoms with Crippen molar-refractivity contribution in [3.63, 3.8) is 0 Å². The molecule has 1 saturated heterocycles. The molecule has 0 bridgehead atoms. The highest BCUT2D eigenvalue weighted by Gasteiger charge is 2.33. The van der Waals surface area contributed by atoms with Gasteiger partial charge in [0.15, 0.2) is 0 Å². The van der Waals surface area contributed by atoms with Crippen molar-refractivity contribution >= 4 is 29.0 Å². The summed E-state index contributed by atoms with van der Waals surface area (Å²) in [6, 6.07) is 15.0. The molecule has 1 fully saturated rings. The number of hydrogen-bond acceptors (Lipinski definition) is 8. The molecule has 0 saturated carbocycles. The number of imidazole rings is 1. The fourth-order valence-corrected chi connectivity index (χ4v) is 5.78. The number of carbonyl (C=O) groups is 1. The van der Waals surface area contributed by atoms with Crippen LogP contribution in [0.3, 0.4) is 0 Å². The van der Waals surface area contributed by atoms with Crippen LogP contribution in [-0.2, 0) is 11.2 Å². The Kier molecular flexibility index (Phi) is 7.90. The Balaban J connectivity index is 1.38. The zero-order chi connectivity index (χ0) is 28.3. The minimum absolute atomic E-state index is 0.0756. The van der Waals surface area contributed by atoms with Crippen molar-refractivity contribution in [1.29, 1.82) is 10.8 Å². The zero-order valence-electron chi connectivity index (χ0n) is 22.6. The number of rotatable bonds is 8. The van der Waals surface area contributed by atoms with Crippen LogP contribution >= 0.6 is 11.3 Å². The Morgan fingerprint density at radius 2 is 2.00 bits per heavy atom. The third-order valence-electron chi connectivity index (χ3n) is 7.15. The molecule has 206 valence electrons. The first-order chi connectivity index (χ1) is 19.2. The number of ether oxygens (including phenoxy) is 1. The van der Waals surface area contributed by atoms with Crippen LogP contribution in [-0.4, -0.2) is 49.6 Å². The number of aromatic amines is 1. The molecule has 10 heteroatoms. The number of nitrogens with two attached hydrogens (primary N) is 1. The van der Waals surface area contributed by atoms with Crippen LogP contribution in [0.5, 0.6) is 0 Å². The molecule has 3 heterocycles. The molecule has 0 aliphatic carbocycles. The molecule has 0 spiro atoms. The van der Waals surface area contributed by atoms with E-state index in [9.17, 15) is 4.79 Å². The van der Waals surface area contributed by atoms with Crippen molar-refractivity contribution in [1.82, 2.24) is 19.9 Å². The summed E-state index contributed by atoms with van der Waals surface area (Å²) in [6.45, 7) is 4.32. The normalized spacial score (nSPS) is 16.5. The van der Waals surface area contributed by atoms with Crippen LogP contribution < -0.4 is 5.73 Å². The third-order valence-corrected chi connectivity index (χ3v) is 8.21. The summed E-state index contributed by atoms with van der Waals surface area (Å²) in [6.07, 6.45) is 6.25. The number of amides is 1. The Bertz CT molecular complexity index is 1510. The fraction of sp³-hybridized carbons (Fsp3) is 0.300. The second-order valence-corrected chi connectivity index (χ2v) is 11.3. The average Bonchev–Trinajstić information content (AvgIpc) is 3.74. The van der Waals surface area contributed by atoms with Gasteiger partial charge in [0, 0.05) is 46.7 Å². The summed E-state index contributed by atoms with van der Waals surface area (Å²) >= 11 is 1.57. The molecule has 0 radical (unpaired) electrons. The lowest BCUT2D eigenvalue weighted by atomic mass is 9.94. The van der Waals surface area contributed by atoms with Crippen molar-refractivity contribution in [2.45, 2.75) is 51.1 Å². The third kappa shape index (κ3) is 6.03. The van der Waals surface area contributed by atoms with Gasteiger partial charge < -0.3 is 20.4 Å². The first kappa shape index (κ1) is 27.4. The molecule has 2 aromatic carbocycles. The van der Waals surface area contributed by atoms with Crippen molar-refractivity contribution in [3.8, 4) is 11.4 Å². The monoisotopic (exact) mass is 555 g/mol. The number of hydrogen-bond donors (Lipinski definition) is 4. The highest BCUT2D eigenvalue weighted by Crippen LogP contribution is 2.35. The molecular formula is C30H33N7O2S. The highest BCUT2D eigenvalue weighted by molar-refractivity contribution is 7.09. The van der Waals surface area contributed by atoms with Crippen molar-refractivity contribution in [3.05, 3.63) is 93.7 Å². The zero-order valence-corrected chi connectivity index (χ0v) is 23.4. The first-order valence-corrected chi connectivity index (χ1v) is 14.2. The van der Waals surface area contributed by atoms with Gasteiger partial charge in [0.2, 0.25) is 11.8 Å². The lowest BCUT2D eigenvalue weighted by Crippen LogP contribution is -2.46. The van der Waals surface area contributed by atoms with Gasteiger partial charge in [-0.3, -0.25) is 15.6 Å². The SMILES string of the molecule is Cc1csc(C2CCCN2C(=O)c2cc(C(=N)OC(=N)C(C)(N)CCc3ccccc3)cc(-c3ncc[nH]3)c2)n1. The number of carbonyl (C=O) groups excluding carboxylic acids is 1. The van der Waals surface area contributed by atoms with Gasteiger partial charge in [-0.05, 0) is 63.3 Å². The molecule has 5 rings (SSSR count). The van der Waals surface area contributed by atoms with Gasteiger partial charge in [0.25, 0.3) is 5.91 Å². The number of aromatic nitrogens is 3. The van der Waals surface area contributed by atoms with Crippen LogP contribution in [0, 0.1) is 17.7 Å². The van der Waals surface area contributed by atoms with E-state index in [0.29, 0.717) is 41.9 Å². The average molecular weight is 556 g/mol. The van der Waals surface area contributed by atoms with Crippen LogP contribution in [0.25, 0.3) is 11.4 Å². The topological polar surface area (TPSA) is 145 Å². The maximum atomic E-state index is 13.8. The fourth-order valence-electron chi connectivity index (χ4n) is 4.84. The number of thiazole rings is 1. The van der Waals surface area contributed by atoms with Gasteiger partial charge in [-0.25, -0.2) is 9.97 Å². The predicted molar refractivity (Wildman–Crippen MR) is 157 cm³/mol. The van der Waals surface area contributed by atoms with Gasteiger partial charge >= 0.3 is 0 Å². The number of nitrogens with one attached hydrogen (secondary N) is 3. The van der Waals surface area contributed by atoms with Crippen LogP contribution in [0.1, 0.15) is 64.4 Å². The summed E-state index contributed by atoms with van der Waals surface area (Å²) in [5.41, 5.74) is 8.86. The molecule has 1 aliphatic rings. The van der Waals surface area contributed by atoms with E-state index in [0.717, 1.165) is 29.1 Å². The molecule has 2 unspecified atom stereocenters. The molecule has 40 heavy (non-hydrogen) atoms. The lowest BCUT2D eigenvalue weighted by Gasteiger charge is -2.26. The number of likely N-dealkylation sites (tertiary alicyclic amines) is 1. The van der Waals surface area contributed by atoms with Gasteiger partial charge in [-0.1, -0.05) is 30.3 Å². The Morgan fingerprint density at radius 3 is 2.70 bits per heavy atom. The number of nitrogens with zero attached hydrogens (tertiary/aromatic N) is 3. The van der Waals surface area contributed by atoms with Crippen molar-refractivity contribution in [2.24, 2.45) is 5.73 Å². The van der Waals surface area contributed by atoms with E-state index in [4.69, 9.17) is 21.3 Å². The minimum atomic E-state index is -1.08. The molecule has 4 aromatic rings. The smallest absolute Gasteiger partial charge is 0.254 e. The summed E-state index contributed by atoms with van der Waals surface area (Å²) in [4.78, 5) is 27.7. The summed E-state index contributed by atoms with van der Waals surface area (Å²) in [5.74, 6) is -0.0287. The quantitative estimate of drug-likeness (QED) is 0.168. The maximum absolute atomic E-state index is 13.8. The van der Waals surface area contributed by atoms with Crippen LogP contribution in [0.4, 0.5) is 0 Å². The maximum Gasteiger partial charge on any atom is 0.254 e. The van der Waals surface area contributed by atoms with Gasteiger partial charge in [0.05, 0.1) is 11.6 Å². The van der Waals surface area contributed by atoms with E-state index in [1.165, 1.54) is 0 Å². The van der Waals surface area contributed by atoms with E-state index < -0.39 is 5.54 Å². The van der Waals surface area contributed by atoms with Gasteiger partial charge in [0.1, 0.15) is 10.8 Å². The number of aryl methyl sites for hydroxylation is 2. The Hall–Kier alpha value is -4.15. The predicted octanol–water partition coefficient (Wildman–Crippen LogP) is 5.49. The Labute approximate surface area is 237 Å². The second kappa shape index (κ2) is 11.5. The van der Waals surface area contributed by atoms with E-state index >= 15 is 0 Å². The van der Waals surface area contributed by atoms with Gasteiger partial charge in [-0.15, -0.1) is 11.3 Å². The van der Waals surface area contributed by atoms with Gasteiger partial charge in [-0.2, -0.15) is 0 Å². The molecule has 1 amide bonds. The van der Waals surface area contributed by atoms with Crippen LogP contribution in [0.2, 0.25) is 0 Å². The molecule has 1 aliphatic heterocycles. The molecule has 9 nitrogen and oxygen atoms in total. The van der Waals surface area contributed by atoms with E-state index in [-0.39, 0.29) is 23.7 Å². The second-order valence-electron chi connectivity index (χ2n) is 10.4. The first-order valence-electron chi connectivity index (χ1n) is 13.3. The van der Waals surface area contributed by atoms with Crippen molar-refractivity contribution in [2.75, 3.05) is 6.54 Å². The van der Waals surface area contributed by atoms with Crippen LogP contribution in [0.15, 0.2) is 66.3 Å². The standard InChI is InChI=1S/C30H33N7O2S/c1-19-18-40-27(36-19)24-9-6-14-37(24)28(38)23-16-21(15-22(17-23)26-34-12-13-35-26)25(31)39-29(32)30(2,33)11-10-20-7-4-3-5-8-20/h3-5,7-8,12-13,15-18,24,31-32H,6,9-11,14,33H2,1-2H3,(H,34,35).